The number of nitrogens with zero attached hydrogens (tertiary/aromatic N) is 3. The van der Waals surface area contributed by atoms with Gasteiger partial charge in [-0.3, -0.25) is 0 Å². The van der Waals surface area contributed by atoms with Crippen molar-refractivity contribution in [1.82, 2.24) is 14.5 Å². The van der Waals surface area contributed by atoms with Gasteiger partial charge in [0.15, 0.2) is 10.9 Å². The van der Waals surface area contributed by atoms with Crippen molar-refractivity contribution in [2.75, 3.05) is 5.73 Å². The fourth-order valence-electron chi connectivity index (χ4n) is 2.33. The predicted molar refractivity (Wildman–Crippen MR) is 79.3 cm³/mol. The van der Waals surface area contributed by atoms with E-state index < -0.39 is 0 Å². The van der Waals surface area contributed by atoms with Crippen molar-refractivity contribution >= 4 is 27.5 Å². The molecule has 0 saturated heterocycles. The number of nitrogen functional groups attached to an aromatic ring is 1. The normalized spacial score (nSPS) is 11.3. The molecule has 2 heterocycles. The molecule has 0 fully saturated rings. The monoisotopic (exact) mass is 290 g/mol. The fourth-order valence-corrected chi connectivity index (χ4v) is 2.90. The molecule has 0 unspecified atom stereocenters. The summed E-state index contributed by atoms with van der Waals surface area (Å²) in [7, 11) is 0. The maximum absolute atomic E-state index is 13.9. The summed E-state index contributed by atoms with van der Waals surface area (Å²) in [6.45, 7) is 2.91. The summed E-state index contributed by atoms with van der Waals surface area (Å²) in [6, 6.07) is 5.06. The molecule has 0 aliphatic rings. The summed E-state index contributed by atoms with van der Waals surface area (Å²) in [5.74, 6) is 0.550. The maximum Gasteiger partial charge on any atom is 0.180 e. The van der Waals surface area contributed by atoms with Gasteiger partial charge in [0.1, 0.15) is 11.3 Å². The highest BCUT2D eigenvalue weighted by Crippen LogP contribution is 2.22. The van der Waals surface area contributed by atoms with E-state index in [1.807, 2.05) is 11.4 Å². The van der Waals surface area contributed by atoms with Crippen LogP contribution in [0.3, 0.4) is 0 Å². The van der Waals surface area contributed by atoms with Crippen molar-refractivity contribution in [1.29, 1.82) is 0 Å². The minimum absolute atomic E-state index is 0.281. The predicted octanol–water partition coefficient (Wildman–Crippen LogP) is 3.21. The number of rotatable bonds is 4. The van der Waals surface area contributed by atoms with Gasteiger partial charge in [-0.2, -0.15) is 0 Å². The molecule has 3 aromatic rings. The molecule has 0 atom stereocenters. The summed E-state index contributed by atoms with van der Waals surface area (Å²) in [5.41, 5.74) is 7.79. The smallest absolute Gasteiger partial charge is 0.180 e. The molecule has 0 saturated carbocycles. The molecule has 6 heteroatoms. The van der Waals surface area contributed by atoms with E-state index in [-0.39, 0.29) is 5.82 Å². The van der Waals surface area contributed by atoms with Gasteiger partial charge in [0.05, 0.1) is 11.2 Å². The summed E-state index contributed by atoms with van der Waals surface area (Å²) in [6.07, 6.45) is 1.54. The van der Waals surface area contributed by atoms with Crippen LogP contribution in [0, 0.1) is 5.82 Å². The van der Waals surface area contributed by atoms with Crippen LogP contribution in [0.5, 0.6) is 0 Å². The van der Waals surface area contributed by atoms with E-state index in [9.17, 15) is 4.39 Å². The molecule has 0 aliphatic heterocycles. The van der Waals surface area contributed by atoms with Crippen molar-refractivity contribution in [3.8, 4) is 0 Å². The van der Waals surface area contributed by atoms with Crippen LogP contribution in [0.2, 0.25) is 0 Å². The highest BCUT2D eigenvalue weighted by Gasteiger charge is 2.14. The third-order valence-corrected chi connectivity index (χ3v) is 3.89. The lowest BCUT2D eigenvalue weighted by Crippen LogP contribution is -2.04. The first kappa shape index (κ1) is 13.1. The molecule has 3 rings (SSSR count). The van der Waals surface area contributed by atoms with Crippen molar-refractivity contribution in [3.63, 3.8) is 0 Å². The quantitative estimate of drug-likeness (QED) is 0.802. The third kappa shape index (κ3) is 2.27. The highest BCUT2D eigenvalue weighted by molar-refractivity contribution is 7.13. The summed E-state index contributed by atoms with van der Waals surface area (Å²) >= 11 is 1.41. The van der Waals surface area contributed by atoms with E-state index in [1.54, 1.807) is 6.07 Å². The Morgan fingerprint density at radius 3 is 2.90 bits per heavy atom. The van der Waals surface area contributed by atoms with E-state index in [1.165, 1.54) is 17.4 Å². The molecular weight excluding hydrogens is 275 g/mol. The second-order valence-corrected chi connectivity index (χ2v) is 5.53. The van der Waals surface area contributed by atoms with Gasteiger partial charge in [-0.1, -0.05) is 13.0 Å². The minimum Gasteiger partial charge on any atom is -0.375 e. The van der Waals surface area contributed by atoms with Crippen molar-refractivity contribution < 1.29 is 4.39 Å². The van der Waals surface area contributed by atoms with E-state index in [2.05, 4.69) is 21.5 Å². The Kier molecular flexibility index (Phi) is 3.40. The molecule has 2 aromatic heterocycles. The number of nitrogens with two attached hydrogens (primary N) is 1. The second-order valence-electron chi connectivity index (χ2n) is 4.64. The van der Waals surface area contributed by atoms with Crippen LogP contribution in [0.4, 0.5) is 9.52 Å². The SMILES string of the molecule is CCCn1c(Cc2csc(N)n2)nc2c(F)cccc21. The van der Waals surface area contributed by atoms with Crippen LogP contribution in [0.1, 0.15) is 24.9 Å². The van der Waals surface area contributed by atoms with Crippen LogP contribution in [-0.4, -0.2) is 14.5 Å². The van der Waals surface area contributed by atoms with Crippen molar-refractivity contribution in [2.45, 2.75) is 26.3 Å². The molecule has 2 N–H and O–H groups in total. The van der Waals surface area contributed by atoms with E-state index in [4.69, 9.17) is 5.73 Å². The molecule has 0 amide bonds. The Labute approximate surface area is 120 Å². The zero-order chi connectivity index (χ0) is 14.1. The number of benzene rings is 1. The Morgan fingerprint density at radius 1 is 1.35 bits per heavy atom. The number of hydrogen-bond acceptors (Lipinski definition) is 4. The van der Waals surface area contributed by atoms with Gasteiger partial charge in [0.2, 0.25) is 0 Å². The van der Waals surface area contributed by atoms with Gasteiger partial charge >= 0.3 is 0 Å². The Bertz CT molecular complexity index is 747. The molecule has 20 heavy (non-hydrogen) atoms. The van der Waals surface area contributed by atoms with Gasteiger partial charge < -0.3 is 10.3 Å². The number of thiazole rings is 1. The van der Waals surface area contributed by atoms with Crippen molar-refractivity contribution in [3.05, 3.63) is 40.9 Å². The van der Waals surface area contributed by atoms with Gasteiger partial charge in [-0.05, 0) is 18.6 Å². The summed E-state index contributed by atoms with van der Waals surface area (Å²) in [4.78, 5) is 8.70. The van der Waals surface area contributed by atoms with Gasteiger partial charge in [0, 0.05) is 18.3 Å². The van der Waals surface area contributed by atoms with E-state index in [0.717, 1.165) is 30.0 Å². The first-order valence-corrected chi connectivity index (χ1v) is 7.40. The zero-order valence-electron chi connectivity index (χ0n) is 11.1. The first-order valence-electron chi connectivity index (χ1n) is 6.52. The van der Waals surface area contributed by atoms with Crippen LogP contribution >= 0.6 is 11.3 Å². The van der Waals surface area contributed by atoms with E-state index in [0.29, 0.717) is 17.1 Å². The molecular formula is C14H15FN4S. The molecule has 4 nitrogen and oxygen atoms in total. The number of aromatic nitrogens is 3. The standard InChI is InChI=1S/C14H15FN4S/c1-2-6-19-11-5-3-4-10(15)13(11)18-12(19)7-9-8-20-14(16)17-9/h3-5,8H,2,6-7H2,1H3,(H2,16,17). The molecule has 0 spiro atoms. The van der Waals surface area contributed by atoms with Gasteiger partial charge in [0.25, 0.3) is 0 Å². The summed E-state index contributed by atoms with van der Waals surface area (Å²) in [5, 5.41) is 2.46. The average molecular weight is 290 g/mol. The number of fused-ring (bicyclic) bond motifs is 1. The zero-order valence-corrected chi connectivity index (χ0v) is 12.0. The molecule has 0 bridgehead atoms. The van der Waals surface area contributed by atoms with Crippen molar-refractivity contribution in [2.24, 2.45) is 0 Å². The largest absolute Gasteiger partial charge is 0.375 e. The number of anilines is 1. The lowest BCUT2D eigenvalue weighted by molar-refractivity contribution is 0.637. The molecule has 104 valence electrons. The maximum atomic E-state index is 13.9. The first-order chi connectivity index (χ1) is 9.69. The topological polar surface area (TPSA) is 56.7 Å². The Balaban J connectivity index is 2.08. The van der Waals surface area contributed by atoms with Crippen LogP contribution in [0.15, 0.2) is 23.6 Å². The number of aryl methyl sites for hydroxylation is 1. The van der Waals surface area contributed by atoms with Crippen LogP contribution in [-0.2, 0) is 13.0 Å². The lowest BCUT2D eigenvalue weighted by atomic mass is 10.3. The minimum atomic E-state index is -0.281. The average Bonchev–Trinajstić information content (AvgIpc) is 2.97. The van der Waals surface area contributed by atoms with Crippen LogP contribution in [0.25, 0.3) is 11.0 Å². The highest BCUT2D eigenvalue weighted by atomic mass is 32.1. The Morgan fingerprint density at radius 2 is 2.20 bits per heavy atom. The lowest BCUT2D eigenvalue weighted by Gasteiger charge is -2.06. The summed E-state index contributed by atoms with van der Waals surface area (Å²) < 4.78 is 15.9. The van der Waals surface area contributed by atoms with Gasteiger partial charge in [-0.15, -0.1) is 11.3 Å². The van der Waals surface area contributed by atoms with E-state index >= 15 is 0 Å². The van der Waals surface area contributed by atoms with Gasteiger partial charge in [-0.25, -0.2) is 14.4 Å². The number of hydrogen-bond donors (Lipinski definition) is 1. The Hall–Kier alpha value is -1.95. The fraction of sp³-hybridized carbons (Fsp3) is 0.286. The molecule has 1 aromatic carbocycles. The molecule has 0 radical (unpaired) electrons. The number of halogens is 1. The third-order valence-electron chi connectivity index (χ3n) is 3.16. The number of para-hydroxylation sites is 1. The molecule has 0 aliphatic carbocycles. The van der Waals surface area contributed by atoms with Crippen LogP contribution < -0.4 is 5.73 Å². The number of imidazole rings is 1. The second kappa shape index (κ2) is 5.20.